The average Bonchev–Trinajstić information content (AvgIpc) is 2.30. The van der Waals surface area contributed by atoms with Crippen LogP contribution in [-0.4, -0.2) is 31.7 Å². The third kappa shape index (κ3) is 4.64. The highest BCUT2D eigenvalue weighted by molar-refractivity contribution is 5.79. The van der Waals surface area contributed by atoms with Crippen LogP contribution in [0, 0.1) is 11.8 Å². The fourth-order valence-corrected chi connectivity index (χ4v) is 2.32. The second kappa shape index (κ2) is 6.97. The fraction of sp³-hybridized carbons (Fsp3) is 0.923. The molecule has 4 heteroatoms. The van der Waals surface area contributed by atoms with Gasteiger partial charge < -0.3 is 15.8 Å². The Morgan fingerprint density at radius 1 is 1.53 bits per heavy atom. The summed E-state index contributed by atoms with van der Waals surface area (Å²) in [6, 6.07) is 0.354. The molecule has 1 aliphatic rings. The molecule has 0 bridgehead atoms. The van der Waals surface area contributed by atoms with Gasteiger partial charge in [0.15, 0.2) is 0 Å². The second-order valence-corrected chi connectivity index (χ2v) is 5.34. The van der Waals surface area contributed by atoms with Gasteiger partial charge in [-0.15, -0.1) is 0 Å². The highest BCUT2D eigenvalue weighted by atomic mass is 16.5. The number of carbonyl (C=O) groups is 1. The maximum Gasteiger partial charge on any atom is 0.223 e. The van der Waals surface area contributed by atoms with E-state index >= 15 is 0 Å². The van der Waals surface area contributed by atoms with Gasteiger partial charge in [-0.05, 0) is 38.5 Å². The van der Waals surface area contributed by atoms with Crippen LogP contribution in [0.3, 0.4) is 0 Å². The predicted octanol–water partition coefficient (Wildman–Crippen LogP) is 1.29. The Hall–Kier alpha value is -0.610. The first-order chi connectivity index (χ1) is 8.04. The lowest BCUT2D eigenvalue weighted by Crippen LogP contribution is -2.44. The van der Waals surface area contributed by atoms with Crippen molar-refractivity contribution in [1.82, 2.24) is 5.32 Å². The van der Waals surface area contributed by atoms with E-state index in [-0.39, 0.29) is 23.9 Å². The van der Waals surface area contributed by atoms with Gasteiger partial charge in [0.1, 0.15) is 0 Å². The fourth-order valence-electron chi connectivity index (χ4n) is 2.32. The standard InChI is InChI=1S/C13H26N2O2/c1-9-4-5-11(8-12(9)14)13(16)15-10(2)6-7-17-3/h9-12H,4-8,14H2,1-3H3,(H,15,16). The number of rotatable bonds is 5. The molecular formula is C13H26N2O2. The molecule has 1 fully saturated rings. The summed E-state index contributed by atoms with van der Waals surface area (Å²) in [6.07, 6.45) is 3.71. The lowest BCUT2D eigenvalue weighted by Gasteiger charge is -2.31. The summed E-state index contributed by atoms with van der Waals surface area (Å²) < 4.78 is 5.00. The van der Waals surface area contributed by atoms with Gasteiger partial charge in [0, 0.05) is 31.7 Å². The highest BCUT2D eigenvalue weighted by Crippen LogP contribution is 2.27. The number of methoxy groups -OCH3 is 1. The van der Waals surface area contributed by atoms with E-state index in [4.69, 9.17) is 10.5 Å². The van der Waals surface area contributed by atoms with Gasteiger partial charge in [0.05, 0.1) is 0 Å². The molecule has 4 unspecified atom stereocenters. The smallest absolute Gasteiger partial charge is 0.223 e. The Labute approximate surface area is 104 Å². The maximum atomic E-state index is 12.0. The van der Waals surface area contributed by atoms with E-state index in [1.54, 1.807) is 7.11 Å². The minimum atomic E-state index is 0.103. The zero-order chi connectivity index (χ0) is 12.8. The van der Waals surface area contributed by atoms with Crippen molar-refractivity contribution in [3.05, 3.63) is 0 Å². The molecule has 3 N–H and O–H groups in total. The van der Waals surface area contributed by atoms with Crippen molar-refractivity contribution >= 4 is 5.91 Å². The Kier molecular flexibility index (Phi) is 5.92. The Morgan fingerprint density at radius 3 is 2.82 bits per heavy atom. The minimum Gasteiger partial charge on any atom is -0.385 e. The van der Waals surface area contributed by atoms with E-state index in [2.05, 4.69) is 12.2 Å². The van der Waals surface area contributed by atoms with Gasteiger partial charge in [0.2, 0.25) is 5.91 Å². The highest BCUT2D eigenvalue weighted by Gasteiger charge is 2.29. The van der Waals surface area contributed by atoms with Crippen LogP contribution in [0.5, 0.6) is 0 Å². The van der Waals surface area contributed by atoms with Gasteiger partial charge in [0.25, 0.3) is 0 Å². The first-order valence-corrected chi connectivity index (χ1v) is 6.59. The monoisotopic (exact) mass is 242 g/mol. The zero-order valence-electron chi connectivity index (χ0n) is 11.2. The lowest BCUT2D eigenvalue weighted by atomic mass is 9.79. The predicted molar refractivity (Wildman–Crippen MR) is 68.6 cm³/mol. The molecule has 0 heterocycles. The largest absolute Gasteiger partial charge is 0.385 e. The lowest BCUT2D eigenvalue weighted by molar-refractivity contribution is -0.127. The topological polar surface area (TPSA) is 64.3 Å². The third-order valence-corrected chi connectivity index (χ3v) is 3.77. The molecule has 100 valence electrons. The number of hydrogen-bond donors (Lipinski definition) is 2. The van der Waals surface area contributed by atoms with E-state index in [0.29, 0.717) is 12.5 Å². The van der Waals surface area contributed by atoms with E-state index in [1.807, 2.05) is 6.92 Å². The van der Waals surface area contributed by atoms with Crippen molar-refractivity contribution in [2.75, 3.05) is 13.7 Å². The summed E-state index contributed by atoms with van der Waals surface area (Å²) >= 11 is 0. The Bertz CT molecular complexity index is 246. The first kappa shape index (κ1) is 14.5. The Balaban J connectivity index is 2.32. The van der Waals surface area contributed by atoms with Crippen LogP contribution in [0.25, 0.3) is 0 Å². The van der Waals surface area contributed by atoms with E-state index in [1.165, 1.54) is 0 Å². The van der Waals surface area contributed by atoms with Crippen molar-refractivity contribution in [3.63, 3.8) is 0 Å². The molecule has 0 aromatic rings. The van der Waals surface area contributed by atoms with Crippen LogP contribution in [0.15, 0.2) is 0 Å². The van der Waals surface area contributed by atoms with Gasteiger partial charge in [-0.2, -0.15) is 0 Å². The number of carbonyl (C=O) groups excluding carboxylic acids is 1. The maximum absolute atomic E-state index is 12.0. The number of nitrogens with one attached hydrogen (secondary N) is 1. The molecule has 17 heavy (non-hydrogen) atoms. The van der Waals surface area contributed by atoms with Crippen LogP contribution in [0.4, 0.5) is 0 Å². The summed E-state index contributed by atoms with van der Waals surface area (Å²) in [6.45, 7) is 4.87. The average molecular weight is 242 g/mol. The van der Waals surface area contributed by atoms with E-state index in [0.717, 1.165) is 25.7 Å². The van der Waals surface area contributed by atoms with Crippen LogP contribution in [-0.2, 0) is 9.53 Å². The summed E-state index contributed by atoms with van der Waals surface area (Å²) in [5.74, 6) is 0.812. The quantitative estimate of drug-likeness (QED) is 0.763. The molecule has 1 aliphatic carbocycles. The molecule has 0 radical (unpaired) electrons. The third-order valence-electron chi connectivity index (χ3n) is 3.77. The molecule has 4 nitrogen and oxygen atoms in total. The molecule has 1 saturated carbocycles. The summed E-state index contributed by atoms with van der Waals surface area (Å²) in [5, 5.41) is 3.05. The van der Waals surface area contributed by atoms with Gasteiger partial charge in [-0.1, -0.05) is 6.92 Å². The first-order valence-electron chi connectivity index (χ1n) is 6.59. The van der Waals surface area contributed by atoms with Gasteiger partial charge in [-0.25, -0.2) is 0 Å². The second-order valence-electron chi connectivity index (χ2n) is 5.34. The Morgan fingerprint density at radius 2 is 2.24 bits per heavy atom. The number of ether oxygens (including phenoxy) is 1. The molecule has 0 aliphatic heterocycles. The zero-order valence-corrected chi connectivity index (χ0v) is 11.2. The summed E-state index contributed by atoms with van der Waals surface area (Å²) in [4.78, 5) is 12.0. The van der Waals surface area contributed by atoms with Crippen molar-refractivity contribution in [1.29, 1.82) is 0 Å². The van der Waals surface area contributed by atoms with Crippen LogP contribution in [0.1, 0.15) is 39.5 Å². The number of hydrogen-bond acceptors (Lipinski definition) is 3. The van der Waals surface area contributed by atoms with E-state index in [9.17, 15) is 4.79 Å². The molecular weight excluding hydrogens is 216 g/mol. The normalized spacial score (nSPS) is 30.9. The van der Waals surface area contributed by atoms with Crippen molar-refractivity contribution in [2.45, 2.75) is 51.6 Å². The van der Waals surface area contributed by atoms with Crippen LogP contribution in [0.2, 0.25) is 0 Å². The summed E-state index contributed by atoms with van der Waals surface area (Å²) in [5.41, 5.74) is 6.02. The molecule has 0 saturated heterocycles. The number of nitrogens with two attached hydrogens (primary N) is 1. The van der Waals surface area contributed by atoms with Crippen LogP contribution >= 0.6 is 0 Å². The van der Waals surface area contributed by atoms with Crippen LogP contribution < -0.4 is 11.1 Å². The molecule has 4 atom stereocenters. The van der Waals surface area contributed by atoms with Gasteiger partial charge in [-0.3, -0.25) is 4.79 Å². The van der Waals surface area contributed by atoms with E-state index < -0.39 is 0 Å². The molecule has 1 amide bonds. The van der Waals surface area contributed by atoms with Crippen molar-refractivity contribution in [3.8, 4) is 0 Å². The molecule has 1 rings (SSSR count). The van der Waals surface area contributed by atoms with Crippen molar-refractivity contribution < 1.29 is 9.53 Å². The minimum absolute atomic E-state index is 0.103. The SMILES string of the molecule is COCCC(C)NC(=O)C1CCC(C)C(N)C1. The van der Waals surface area contributed by atoms with Crippen molar-refractivity contribution in [2.24, 2.45) is 17.6 Å². The summed E-state index contributed by atoms with van der Waals surface area (Å²) in [7, 11) is 1.68. The molecule has 0 spiro atoms. The number of amides is 1. The van der Waals surface area contributed by atoms with Gasteiger partial charge >= 0.3 is 0 Å². The molecule has 0 aromatic heterocycles. The molecule has 0 aromatic carbocycles.